The lowest BCUT2D eigenvalue weighted by atomic mass is 9.85. The van der Waals surface area contributed by atoms with Crippen molar-refractivity contribution in [2.24, 2.45) is 0 Å². The van der Waals surface area contributed by atoms with Crippen LogP contribution in [0.4, 0.5) is 0 Å². The first-order valence-electron chi connectivity index (χ1n) is 18.3. The minimum absolute atomic E-state index is 0.00229. The lowest BCUT2D eigenvalue weighted by Gasteiger charge is -2.19. The van der Waals surface area contributed by atoms with E-state index >= 15 is 0 Å². The highest BCUT2D eigenvalue weighted by atomic mass is 32.2. The van der Waals surface area contributed by atoms with Crippen LogP contribution in [0.15, 0.2) is 144 Å². The van der Waals surface area contributed by atoms with Crippen molar-refractivity contribution >= 4 is 37.4 Å². The van der Waals surface area contributed by atoms with Crippen molar-refractivity contribution in [3.63, 3.8) is 0 Å². The van der Waals surface area contributed by atoms with Gasteiger partial charge in [-0.2, -0.15) is 8.42 Å². The summed E-state index contributed by atoms with van der Waals surface area (Å²) in [5.41, 5.74) is 6.82. The zero-order valence-electron chi connectivity index (χ0n) is 30.8. The van der Waals surface area contributed by atoms with E-state index in [0.29, 0.717) is 18.4 Å². The van der Waals surface area contributed by atoms with Gasteiger partial charge in [0.25, 0.3) is 0 Å². The van der Waals surface area contributed by atoms with E-state index < -0.39 is 10.1 Å². The van der Waals surface area contributed by atoms with E-state index in [1.165, 1.54) is 30.2 Å². The molecule has 0 aromatic heterocycles. The van der Waals surface area contributed by atoms with Crippen LogP contribution in [-0.2, 0) is 14.3 Å². The summed E-state index contributed by atoms with van der Waals surface area (Å²) in [6.45, 7) is 5.69. The molecule has 0 aliphatic rings. The van der Waals surface area contributed by atoms with Crippen LogP contribution < -0.4 is 9.47 Å². The molecule has 7 aromatic rings. The summed E-state index contributed by atoms with van der Waals surface area (Å²) >= 11 is 0. The van der Waals surface area contributed by atoms with Gasteiger partial charge in [-0.3, -0.25) is 8.98 Å². The summed E-state index contributed by atoms with van der Waals surface area (Å²) in [7, 11) is -2.85. The molecule has 0 heterocycles. The largest absolute Gasteiger partial charge is 0.495 e. The van der Waals surface area contributed by atoms with Gasteiger partial charge in [-0.15, -0.1) is 0 Å². The summed E-state index contributed by atoms with van der Waals surface area (Å²) in [6.07, 6.45) is 0.944. The van der Waals surface area contributed by atoms with Crippen molar-refractivity contribution in [1.82, 2.24) is 0 Å². The molecule has 7 rings (SSSR count). The Morgan fingerprint density at radius 2 is 1.19 bits per heavy atom. The molecular formula is C47H42O6S. The number of carbonyl (C=O) groups is 1. The Morgan fingerprint density at radius 1 is 0.611 bits per heavy atom. The second kappa shape index (κ2) is 15.7. The molecule has 0 aliphatic carbocycles. The molecule has 0 fully saturated rings. The first-order valence-corrected chi connectivity index (χ1v) is 19.7. The van der Waals surface area contributed by atoms with E-state index in [-0.39, 0.29) is 40.5 Å². The number of ether oxygens (including phenoxy) is 2. The molecule has 0 amide bonds. The molecule has 272 valence electrons. The van der Waals surface area contributed by atoms with Crippen molar-refractivity contribution < 1.29 is 26.9 Å². The van der Waals surface area contributed by atoms with Gasteiger partial charge in [-0.25, -0.2) is 0 Å². The summed E-state index contributed by atoms with van der Waals surface area (Å²) in [6, 6.07) is 46.1. The fraction of sp³-hybridized carbons (Fsp3) is 0.170. The van der Waals surface area contributed by atoms with Gasteiger partial charge in [-0.1, -0.05) is 129 Å². The Balaban J connectivity index is 1.40. The number of methoxy groups -OCH3 is 1. The Labute approximate surface area is 317 Å². The third-order valence-electron chi connectivity index (χ3n) is 9.73. The van der Waals surface area contributed by atoms with Gasteiger partial charge < -0.3 is 9.47 Å². The molecule has 7 aromatic carbocycles. The van der Waals surface area contributed by atoms with Gasteiger partial charge in [0.15, 0.2) is 5.78 Å². The van der Waals surface area contributed by atoms with Gasteiger partial charge in [0.05, 0.1) is 25.4 Å². The van der Waals surface area contributed by atoms with Gasteiger partial charge in [-0.05, 0) is 92.9 Å². The fourth-order valence-corrected chi connectivity index (χ4v) is 8.08. The summed E-state index contributed by atoms with van der Waals surface area (Å²) in [5.74, 6) is -0.0973. The SMILES string of the molecule is CCCOS(=O)(=O)c1cc(C(=O)c2cccc(-c3ccc4c(-c5ccccc5)c5ccccc5c(-c5ccccc5)c4c3)c2)c(OC(C)CC)cc1OC. The van der Waals surface area contributed by atoms with Crippen LogP contribution in [0.1, 0.15) is 49.5 Å². The molecule has 0 saturated carbocycles. The minimum Gasteiger partial charge on any atom is -0.495 e. The summed E-state index contributed by atoms with van der Waals surface area (Å²) in [4.78, 5) is 14.2. The molecule has 0 aliphatic heterocycles. The Hall–Kier alpha value is -5.76. The Morgan fingerprint density at radius 3 is 1.80 bits per heavy atom. The average molecular weight is 735 g/mol. The first kappa shape index (κ1) is 36.6. The maximum Gasteiger partial charge on any atom is 0.300 e. The van der Waals surface area contributed by atoms with E-state index in [1.54, 1.807) is 6.07 Å². The smallest absolute Gasteiger partial charge is 0.300 e. The number of rotatable bonds is 13. The van der Waals surface area contributed by atoms with Crippen LogP contribution in [0.25, 0.3) is 54.9 Å². The number of carbonyl (C=O) groups excluding carboxylic acids is 1. The predicted octanol–water partition coefficient (Wildman–Crippen LogP) is 11.5. The molecule has 0 bridgehead atoms. The molecule has 0 radical (unpaired) electrons. The zero-order valence-corrected chi connectivity index (χ0v) is 31.7. The predicted molar refractivity (Wildman–Crippen MR) is 218 cm³/mol. The van der Waals surface area contributed by atoms with Crippen molar-refractivity contribution in [3.8, 4) is 44.9 Å². The number of ketones is 1. The maximum atomic E-state index is 14.5. The molecule has 6 nitrogen and oxygen atoms in total. The highest BCUT2D eigenvalue weighted by Crippen LogP contribution is 2.45. The van der Waals surface area contributed by atoms with Gasteiger partial charge >= 0.3 is 10.1 Å². The highest BCUT2D eigenvalue weighted by Gasteiger charge is 2.27. The molecule has 7 heteroatoms. The normalized spacial score (nSPS) is 12.1. The minimum atomic E-state index is -4.23. The van der Waals surface area contributed by atoms with E-state index in [1.807, 2.05) is 51.1 Å². The Kier molecular flexibility index (Phi) is 10.6. The highest BCUT2D eigenvalue weighted by molar-refractivity contribution is 7.86. The molecule has 1 unspecified atom stereocenters. The van der Waals surface area contributed by atoms with Crippen LogP contribution in [0.5, 0.6) is 11.5 Å². The van der Waals surface area contributed by atoms with E-state index in [0.717, 1.165) is 44.0 Å². The van der Waals surface area contributed by atoms with Gasteiger partial charge in [0.1, 0.15) is 16.4 Å². The van der Waals surface area contributed by atoms with Gasteiger partial charge in [0, 0.05) is 11.6 Å². The molecular weight excluding hydrogens is 693 g/mol. The molecule has 0 saturated heterocycles. The summed E-state index contributed by atoms with van der Waals surface area (Å²) in [5, 5.41) is 4.54. The van der Waals surface area contributed by atoms with Crippen molar-refractivity contribution in [2.75, 3.05) is 13.7 Å². The first-order chi connectivity index (χ1) is 26.2. The average Bonchev–Trinajstić information content (AvgIpc) is 3.21. The molecule has 54 heavy (non-hydrogen) atoms. The van der Waals surface area contributed by atoms with Crippen LogP contribution in [0.2, 0.25) is 0 Å². The topological polar surface area (TPSA) is 78.9 Å². The van der Waals surface area contributed by atoms with E-state index in [4.69, 9.17) is 13.7 Å². The Bertz CT molecular complexity index is 2580. The van der Waals surface area contributed by atoms with Crippen molar-refractivity contribution in [2.45, 2.75) is 44.6 Å². The lowest BCUT2D eigenvalue weighted by Crippen LogP contribution is -2.16. The molecule has 1 atom stereocenters. The van der Waals surface area contributed by atoms with Crippen LogP contribution >= 0.6 is 0 Å². The number of benzene rings is 7. The van der Waals surface area contributed by atoms with Gasteiger partial charge in [0.2, 0.25) is 0 Å². The van der Waals surface area contributed by atoms with Crippen LogP contribution in [0, 0.1) is 0 Å². The monoisotopic (exact) mass is 734 g/mol. The summed E-state index contributed by atoms with van der Waals surface area (Å²) < 4.78 is 43.5. The number of hydrogen-bond donors (Lipinski definition) is 0. The quantitative estimate of drug-likeness (QED) is 0.0667. The lowest BCUT2D eigenvalue weighted by molar-refractivity contribution is 0.103. The third-order valence-corrected chi connectivity index (χ3v) is 11.1. The standard InChI is InChI=1S/C47H42O6S/c1-5-26-52-54(49,50)44-29-41(42(30-43(44)51-4)53-31(3)6-2)47(48)36-21-15-20-34(27-36)35-24-25-39-40(28-35)46(33-18-11-8-12-19-33)38-23-14-13-22-37(38)45(39)32-16-9-7-10-17-32/h7-25,27-31H,5-6,26H2,1-4H3. The van der Waals surface area contributed by atoms with E-state index in [9.17, 15) is 13.2 Å². The van der Waals surface area contributed by atoms with Crippen LogP contribution in [-0.4, -0.2) is 34.0 Å². The number of hydrogen-bond acceptors (Lipinski definition) is 6. The number of fused-ring (bicyclic) bond motifs is 2. The van der Waals surface area contributed by atoms with Crippen molar-refractivity contribution in [1.29, 1.82) is 0 Å². The fourth-order valence-electron chi connectivity index (χ4n) is 6.91. The molecule has 0 spiro atoms. The van der Waals surface area contributed by atoms with E-state index in [2.05, 4.69) is 91.0 Å². The molecule has 0 N–H and O–H groups in total. The zero-order chi connectivity index (χ0) is 37.8. The second-order valence-corrected chi connectivity index (χ2v) is 14.9. The maximum absolute atomic E-state index is 14.5. The van der Waals surface area contributed by atoms with Crippen molar-refractivity contribution in [3.05, 3.63) is 151 Å². The second-order valence-electron chi connectivity index (χ2n) is 13.3. The third kappa shape index (κ3) is 7.13. The van der Waals surface area contributed by atoms with Crippen LogP contribution in [0.3, 0.4) is 0 Å².